The molecule has 2 aromatic rings. The van der Waals surface area contributed by atoms with E-state index in [0.29, 0.717) is 5.69 Å². The van der Waals surface area contributed by atoms with Gasteiger partial charge in [-0.3, -0.25) is 0 Å². The number of esters is 1. The van der Waals surface area contributed by atoms with E-state index in [4.69, 9.17) is 5.11 Å². The van der Waals surface area contributed by atoms with Crippen LogP contribution in [0.15, 0.2) is 36.4 Å². The molecule has 1 N–H and O–H groups in total. The Kier molecular flexibility index (Phi) is 8.44. The summed E-state index contributed by atoms with van der Waals surface area (Å²) in [5.74, 6) is 1.51. The van der Waals surface area contributed by atoms with Gasteiger partial charge in [0.1, 0.15) is 11.6 Å². The van der Waals surface area contributed by atoms with Gasteiger partial charge in [-0.15, -0.1) is 0 Å². The van der Waals surface area contributed by atoms with Gasteiger partial charge in [-0.2, -0.15) is 0 Å². The molecule has 0 unspecified atom stereocenters. The third kappa shape index (κ3) is 6.16. The summed E-state index contributed by atoms with van der Waals surface area (Å²) in [7, 11) is 1.37. The smallest absolute Gasteiger partial charge is 0.356 e. The zero-order valence-corrected chi connectivity index (χ0v) is 17.8. The van der Waals surface area contributed by atoms with Crippen molar-refractivity contribution in [1.29, 1.82) is 0 Å². The van der Waals surface area contributed by atoms with Crippen molar-refractivity contribution in [3.05, 3.63) is 47.8 Å². The molecule has 0 atom stereocenters. The molecule has 30 heavy (non-hydrogen) atoms. The number of ether oxygens (including phenoxy) is 1. The van der Waals surface area contributed by atoms with Crippen LogP contribution < -0.4 is 9.80 Å². The van der Waals surface area contributed by atoms with E-state index in [1.165, 1.54) is 45.6 Å². The van der Waals surface area contributed by atoms with Crippen molar-refractivity contribution < 1.29 is 14.6 Å². The summed E-state index contributed by atoms with van der Waals surface area (Å²) in [6.45, 7) is 4.28. The van der Waals surface area contributed by atoms with Gasteiger partial charge in [0.25, 0.3) is 0 Å². The van der Waals surface area contributed by atoms with Crippen LogP contribution in [0, 0.1) is 0 Å². The Balaban J connectivity index is 0.000000172. The Morgan fingerprint density at radius 1 is 0.867 bits per heavy atom. The number of nitrogens with zero attached hydrogens (tertiary/aromatic N) is 4. The summed E-state index contributed by atoms with van der Waals surface area (Å²) in [6.07, 6.45) is 7.52. The molecule has 0 spiro atoms. The maximum Gasteiger partial charge on any atom is 0.356 e. The van der Waals surface area contributed by atoms with Crippen LogP contribution >= 0.6 is 0 Å². The van der Waals surface area contributed by atoms with Crippen molar-refractivity contribution in [3.63, 3.8) is 0 Å². The largest absolute Gasteiger partial charge is 0.464 e. The van der Waals surface area contributed by atoms with Gasteiger partial charge in [0, 0.05) is 26.2 Å². The highest BCUT2D eigenvalue weighted by Gasteiger charge is 2.14. The molecule has 2 fully saturated rings. The zero-order chi connectivity index (χ0) is 21.2. The minimum atomic E-state index is -0.376. The van der Waals surface area contributed by atoms with Crippen LogP contribution in [0.3, 0.4) is 0 Å². The Bertz CT molecular complexity index is 803. The summed E-state index contributed by atoms with van der Waals surface area (Å²) < 4.78 is 4.66. The second kappa shape index (κ2) is 11.5. The van der Waals surface area contributed by atoms with E-state index < -0.39 is 0 Å². The highest BCUT2D eigenvalue weighted by Crippen LogP contribution is 2.18. The third-order valence-corrected chi connectivity index (χ3v) is 5.44. The number of anilines is 2. The van der Waals surface area contributed by atoms with Crippen molar-refractivity contribution >= 4 is 17.6 Å². The van der Waals surface area contributed by atoms with E-state index in [-0.39, 0.29) is 12.6 Å². The number of aliphatic hydroxyl groups excluding tert-OH is 1. The summed E-state index contributed by atoms with van der Waals surface area (Å²) in [5, 5.41) is 8.98. The lowest BCUT2D eigenvalue weighted by atomic mass is 10.1. The molecule has 2 aliphatic rings. The number of methoxy groups -OCH3 is 1. The van der Waals surface area contributed by atoms with Gasteiger partial charge >= 0.3 is 5.97 Å². The SMILES string of the molecule is COC(=O)c1cccc(N2CCCCC2)n1.OCc1cccc(N2CCCCC2)n1. The lowest BCUT2D eigenvalue weighted by Crippen LogP contribution is -2.30. The summed E-state index contributed by atoms with van der Waals surface area (Å²) in [4.78, 5) is 24.6. The minimum absolute atomic E-state index is 0.0294. The van der Waals surface area contributed by atoms with Gasteiger partial charge in [0.2, 0.25) is 0 Å². The summed E-state index contributed by atoms with van der Waals surface area (Å²) in [6, 6.07) is 11.3. The summed E-state index contributed by atoms with van der Waals surface area (Å²) >= 11 is 0. The lowest BCUT2D eigenvalue weighted by Gasteiger charge is -2.27. The average Bonchev–Trinajstić information content (AvgIpc) is 2.85. The van der Waals surface area contributed by atoms with Crippen LogP contribution in [0.1, 0.15) is 54.7 Å². The first kappa shape index (κ1) is 22.0. The Labute approximate surface area is 178 Å². The van der Waals surface area contributed by atoms with Gasteiger partial charge in [0.15, 0.2) is 5.69 Å². The molecule has 4 rings (SSSR count). The second-order valence-electron chi connectivity index (χ2n) is 7.61. The second-order valence-corrected chi connectivity index (χ2v) is 7.61. The van der Waals surface area contributed by atoms with Crippen LogP contribution in [-0.2, 0) is 11.3 Å². The van der Waals surface area contributed by atoms with Crippen LogP contribution in [0.5, 0.6) is 0 Å². The molecule has 0 bridgehead atoms. The van der Waals surface area contributed by atoms with Crippen LogP contribution in [0.25, 0.3) is 0 Å². The molecule has 2 aliphatic heterocycles. The molecule has 7 nitrogen and oxygen atoms in total. The molecule has 0 aliphatic carbocycles. The third-order valence-electron chi connectivity index (χ3n) is 5.44. The molecule has 2 saturated heterocycles. The van der Waals surface area contributed by atoms with Gasteiger partial charge < -0.3 is 19.6 Å². The monoisotopic (exact) mass is 412 g/mol. The molecule has 4 heterocycles. The minimum Gasteiger partial charge on any atom is -0.464 e. The predicted molar refractivity (Wildman–Crippen MR) is 118 cm³/mol. The fraction of sp³-hybridized carbons (Fsp3) is 0.522. The summed E-state index contributed by atoms with van der Waals surface area (Å²) in [5.41, 5.74) is 1.14. The normalized spacial score (nSPS) is 16.5. The van der Waals surface area contributed by atoms with Gasteiger partial charge in [0.05, 0.1) is 19.4 Å². The molecule has 0 radical (unpaired) electrons. The Hall–Kier alpha value is -2.67. The highest BCUT2D eigenvalue weighted by atomic mass is 16.5. The molecular formula is C23H32N4O3. The molecule has 0 amide bonds. The Morgan fingerprint density at radius 2 is 1.40 bits per heavy atom. The van der Waals surface area contributed by atoms with E-state index in [0.717, 1.165) is 43.5 Å². The molecule has 0 aromatic carbocycles. The van der Waals surface area contributed by atoms with E-state index in [9.17, 15) is 4.79 Å². The number of aromatic nitrogens is 2. The maximum absolute atomic E-state index is 11.3. The number of carbonyl (C=O) groups excluding carboxylic acids is 1. The van der Waals surface area contributed by atoms with Crippen molar-refractivity contribution in [2.45, 2.75) is 45.1 Å². The predicted octanol–water partition coefficient (Wildman–Crippen LogP) is 3.42. The van der Waals surface area contributed by atoms with Gasteiger partial charge in [-0.05, 0) is 62.8 Å². The standard InChI is InChI=1S/C12H16N2O2.C11H16N2O/c1-16-12(15)10-6-5-7-11(13-10)14-8-3-2-4-9-14;14-9-10-5-4-6-11(12-10)13-7-2-1-3-8-13/h5-7H,2-4,8-9H2,1H3;4-6,14H,1-3,7-9H2. The first-order valence-corrected chi connectivity index (χ1v) is 10.8. The number of carbonyl (C=O) groups is 1. The number of piperidine rings is 2. The van der Waals surface area contributed by atoms with Crippen LogP contribution in [-0.4, -0.2) is 54.3 Å². The lowest BCUT2D eigenvalue weighted by molar-refractivity contribution is 0.0594. The van der Waals surface area contributed by atoms with E-state index >= 15 is 0 Å². The number of hydrogen-bond acceptors (Lipinski definition) is 7. The molecule has 2 aromatic heterocycles. The fourth-order valence-corrected chi connectivity index (χ4v) is 3.79. The fourth-order valence-electron chi connectivity index (χ4n) is 3.79. The van der Waals surface area contributed by atoms with Crippen molar-refractivity contribution in [1.82, 2.24) is 9.97 Å². The average molecular weight is 413 g/mol. The first-order valence-electron chi connectivity index (χ1n) is 10.8. The molecular weight excluding hydrogens is 380 g/mol. The van der Waals surface area contributed by atoms with Crippen molar-refractivity contribution in [2.24, 2.45) is 0 Å². The molecule has 7 heteroatoms. The van der Waals surface area contributed by atoms with Crippen molar-refractivity contribution in [3.8, 4) is 0 Å². The number of aliphatic hydroxyl groups is 1. The number of pyridine rings is 2. The number of hydrogen-bond donors (Lipinski definition) is 1. The topological polar surface area (TPSA) is 78.8 Å². The molecule has 0 saturated carbocycles. The number of rotatable bonds is 4. The van der Waals surface area contributed by atoms with Crippen LogP contribution in [0.4, 0.5) is 11.6 Å². The van der Waals surface area contributed by atoms with E-state index in [2.05, 4.69) is 24.5 Å². The van der Waals surface area contributed by atoms with Crippen molar-refractivity contribution in [2.75, 3.05) is 43.1 Å². The van der Waals surface area contributed by atoms with E-state index in [1.54, 1.807) is 6.07 Å². The maximum atomic E-state index is 11.3. The zero-order valence-electron chi connectivity index (χ0n) is 17.8. The van der Waals surface area contributed by atoms with Gasteiger partial charge in [-0.1, -0.05) is 12.1 Å². The Morgan fingerprint density at radius 3 is 1.93 bits per heavy atom. The quantitative estimate of drug-likeness (QED) is 0.771. The molecule has 162 valence electrons. The van der Waals surface area contributed by atoms with Gasteiger partial charge in [-0.25, -0.2) is 14.8 Å². The first-order chi connectivity index (χ1) is 14.7. The van der Waals surface area contributed by atoms with Crippen LogP contribution in [0.2, 0.25) is 0 Å². The highest BCUT2D eigenvalue weighted by molar-refractivity contribution is 5.87. The van der Waals surface area contributed by atoms with E-state index in [1.807, 2.05) is 30.3 Å².